The van der Waals surface area contributed by atoms with Gasteiger partial charge in [-0.2, -0.15) is 5.10 Å². The Labute approximate surface area is 105 Å². The number of hydrogen-bond donors (Lipinski definition) is 1. The van der Waals surface area contributed by atoms with Crippen LogP contribution in [0, 0.1) is 6.92 Å². The van der Waals surface area contributed by atoms with Gasteiger partial charge in [0.25, 0.3) is 0 Å². The predicted molar refractivity (Wildman–Crippen MR) is 69.3 cm³/mol. The molecular formula is C13H13N5. The Morgan fingerprint density at radius 1 is 1.17 bits per heavy atom. The Balaban J connectivity index is 1.87. The second-order valence-corrected chi connectivity index (χ2v) is 4.09. The summed E-state index contributed by atoms with van der Waals surface area (Å²) in [6, 6.07) is 8.01. The summed E-state index contributed by atoms with van der Waals surface area (Å²) < 4.78 is 1.88. The molecule has 0 saturated carbocycles. The zero-order valence-corrected chi connectivity index (χ0v) is 10.0. The lowest BCUT2D eigenvalue weighted by atomic mass is 10.3. The fourth-order valence-corrected chi connectivity index (χ4v) is 1.89. The number of pyridine rings is 1. The number of fused-ring (bicyclic) bond motifs is 1. The van der Waals surface area contributed by atoms with Gasteiger partial charge in [0.1, 0.15) is 11.8 Å². The lowest BCUT2D eigenvalue weighted by Gasteiger charge is -2.07. The second-order valence-electron chi connectivity index (χ2n) is 4.09. The van der Waals surface area contributed by atoms with E-state index in [-0.39, 0.29) is 0 Å². The number of anilines is 1. The summed E-state index contributed by atoms with van der Waals surface area (Å²) in [4.78, 5) is 8.27. The Hall–Kier alpha value is -2.43. The summed E-state index contributed by atoms with van der Waals surface area (Å²) in [5.41, 5.74) is 3.26. The molecule has 3 rings (SSSR count). The minimum Gasteiger partial charge on any atom is -0.364 e. The molecule has 0 bridgehead atoms. The molecule has 0 unspecified atom stereocenters. The van der Waals surface area contributed by atoms with Gasteiger partial charge in [0, 0.05) is 24.6 Å². The van der Waals surface area contributed by atoms with Gasteiger partial charge in [-0.25, -0.2) is 9.50 Å². The Kier molecular flexibility index (Phi) is 2.64. The average Bonchev–Trinajstić information content (AvgIpc) is 2.80. The van der Waals surface area contributed by atoms with Gasteiger partial charge in [-0.3, -0.25) is 4.98 Å². The van der Waals surface area contributed by atoms with Crippen molar-refractivity contribution < 1.29 is 0 Å². The largest absolute Gasteiger partial charge is 0.364 e. The van der Waals surface area contributed by atoms with Crippen molar-refractivity contribution in [3.63, 3.8) is 0 Å². The molecule has 18 heavy (non-hydrogen) atoms. The fourth-order valence-electron chi connectivity index (χ4n) is 1.89. The molecule has 0 fully saturated rings. The highest BCUT2D eigenvalue weighted by Gasteiger charge is 2.04. The molecule has 0 aliphatic heterocycles. The van der Waals surface area contributed by atoms with Crippen LogP contribution >= 0.6 is 0 Å². The fraction of sp³-hybridized carbons (Fsp3) is 0.154. The number of nitrogens with zero attached hydrogens (tertiary/aromatic N) is 4. The Bertz CT molecular complexity index is 659. The van der Waals surface area contributed by atoms with Crippen LogP contribution in [0.15, 0.2) is 43.0 Å². The molecule has 3 aromatic rings. The van der Waals surface area contributed by atoms with Crippen molar-refractivity contribution in [2.75, 3.05) is 5.32 Å². The Morgan fingerprint density at radius 3 is 2.83 bits per heavy atom. The number of hydrogen-bond acceptors (Lipinski definition) is 4. The van der Waals surface area contributed by atoms with Crippen LogP contribution in [0.25, 0.3) is 5.52 Å². The number of aryl methyl sites for hydroxylation is 1. The van der Waals surface area contributed by atoms with Gasteiger partial charge in [-0.1, -0.05) is 0 Å². The zero-order chi connectivity index (χ0) is 12.4. The third-order valence-electron chi connectivity index (χ3n) is 2.85. The normalized spacial score (nSPS) is 10.7. The van der Waals surface area contributed by atoms with Gasteiger partial charge in [0.2, 0.25) is 0 Å². The molecule has 0 atom stereocenters. The first-order valence-electron chi connectivity index (χ1n) is 5.77. The molecule has 0 amide bonds. The van der Waals surface area contributed by atoms with Crippen LogP contribution in [0.3, 0.4) is 0 Å². The van der Waals surface area contributed by atoms with Crippen molar-refractivity contribution in [3.05, 3.63) is 54.2 Å². The minimum absolute atomic E-state index is 0.722. The molecule has 0 aromatic carbocycles. The van der Waals surface area contributed by atoms with E-state index in [2.05, 4.69) is 20.4 Å². The molecule has 1 N–H and O–H groups in total. The number of rotatable bonds is 3. The standard InChI is InChI=1S/C13H13N5/c1-10-2-3-12-13(16-9-17-18(10)12)15-8-11-4-6-14-7-5-11/h2-7,9H,8H2,1H3,(H,15,16,17). The van der Waals surface area contributed by atoms with E-state index in [0.29, 0.717) is 0 Å². The van der Waals surface area contributed by atoms with E-state index >= 15 is 0 Å². The van der Waals surface area contributed by atoms with Crippen LogP contribution in [0.5, 0.6) is 0 Å². The maximum absolute atomic E-state index is 4.28. The highest BCUT2D eigenvalue weighted by atomic mass is 15.3. The van der Waals surface area contributed by atoms with Crippen LogP contribution < -0.4 is 5.32 Å². The van der Waals surface area contributed by atoms with E-state index in [1.165, 1.54) is 5.56 Å². The van der Waals surface area contributed by atoms with Crippen LogP contribution in [0.2, 0.25) is 0 Å². The average molecular weight is 239 g/mol. The maximum Gasteiger partial charge on any atom is 0.154 e. The first kappa shape index (κ1) is 10.7. The Morgan fingerprint density at radius 2 is 2.00 bits per heavy atom. The first-order chi connectivity index (χ1) is 8.84. The van der Waals surface area contributed by atoms with Gasteiger partial charge in [-0.05, 0) is 36.8 Å². The van der Waals surface area contributed by atoms with Crippen LogP contribution in [-0.4, -0.2) is 19.6 Å². The molecule has 3 aromatic heterocycles. The molecule has 5 nitrogen and oxygen atoms in total. The van der Waals surface area contributed by atoms with Crippen LogP contribution in [0.4, 0.5) is 5.82 Å². The SMILES string of the molecule is Cc1ccc2c(NCc3ccncc3)ncnn12. The molecule has 3 heterocycles. The summed E-state index contributed by atoms with van der Waals surface area (Å²) >= 11 is 0. The highest BCUT2D eigenvalue weighted by molar-refractivity contribution is 5.67. The zero-order valence-electron chi connectivity index (χ0n) is 10.0. The number of nitrogens with one attached hydrogen (secondary N) is 1. The molecule has 0 aliphatic carbocycles. The lowest BCUT2D eigenvalue weighted by molar-refractivity contribution is 0.869. The van der Waals surface area contributed by atoms with Gasteiger partial charge >= 0.3 is 0 Å². The maximum atomic E-state index is 4.28. The molecule has 0 saturated heterocycles. The van der Waals surface area contributed by atoms with Crippen molar-refractivity contribution in [1.82, 2.24) is 19.6 Å². The molecule has 0 spiro atoms. The van der Waals surface area contributed by atoms with E-state index in [1.54, 1.807) is 18.7 Å². The van der Waals surface area contributed by atoms with Gasteiger partial charge in [-0.15, -0.1) is 0 Å². The van der Waals surface area contributed by atoms with Crippen molar-refractivity contribution >= 4 is 11.3 Å². The van der Waals surface area contributed by atoms with E-state index in [1.807, 2.05) is 35.7 Å². The van der Waals surface area contributed by atoms with E-state index in [4.69, 9.17) is 0 Å². The van der Waals surface area contributed by atoms with Gasteiger partial charge in [0.15, 0.2) is 5.82 Å². The van der Waals surface area contributed by atoms with Crippen LogP contribution in [-0.2, 0) is 6.54 Å². The highest BCUT2D eigenvalue weighted by Crippen LogP contribution is 2.16. The second kappa shape index (κ2) is 4.44. The summed E-state index contributed by atoms with van der Waals surface area (Å²) in [5, 5.41) is 7.53. The van der Waals surface area contributed by atoms with Crippen molar-refractivity contribution in [1.29, 1.82) is 0 Å². The third kappa shape index (κ3) is 1.90. The first-order valence-corrected chi connectivity index (χ1v) is 5.77. The van der Waals surface area contributed by atoms with Gasteiger partial charge in [0.05, 0.1) is 0 Å². The minimum atomic E-state index is 0.722. The number of aromatic nitrogens is 4. The van der Waals surface area contributed by atoms with E-state index < -0.39 is 0 Å². The summed E-state index contributed by atoms with van der Waals surface area (Å²) in [6.07, 6.45) is 5.14. The topological polar surface area (TPSA) is 55.1 Å². The smallest absolute Gasteiger partial charge is 0.154 e. The quantitative estimate of drug-likeness (QED) is 0.760. The van der Waals surface area contributed by atoms with E-state index in [0.717, 1.165) is 23.6 Å². The van der Waals surface area contributed by atoms with Crippen LogP contribution in [0.1, 0.15) is 11.3 Å². The summed E-state index contributed by atoms with van der Waals surface area (Å²) in [5.74, 6) is 0.843. The van der Waals surface area contributed by atoms with Crippen molar-refractivity contribution in [2.24, 2.45) is 0 Å². The molecular weight excluding hydrogens is 226 g/mol. The lowest BCUT2D eigenvalue weighted by Crippen LogP contribution is -2.05. The molecule has 0 aliphatic rings. The molecule has 0 radical (unpaired) electrons. The van der Waals surface area contributed by atoms with Crippen molar-refractivity contribution in [3.8, 4) is 0 Å². The van der Waals surface area contributed by atoms with E-state index in [9.17, 15) is 0 Å². The van der Waals surface area contributed by atoms with Gasteiger partial charge < -0.3 is 5.32 Å². The predicted octanol–water partition coefficient (Wildman–Crippen LogP) is 2.04. The van der Waals surface area contributed by atoms with Crippen molar-refractivity contribution in [2.45, 2.75) is 13.5 Å². The third-order valence-corrected chi connectivity index (χ3v) is 2.85. The molecule has 90 valence electrons. The molecule has 5 heteroatoms. The summed E-state index contributed by atoms with van der Waals surface area (Å²) in [6.45, 7) is 2.74. The monoisotopic (exact) mass is 239 g/mol. The summed E-state index contributed by atoms with van der Waals surface area (Å²) in [7, 11) is 0.